The van der Waals surface area contributed by atoms with Gasteiger partial charge in [-0.05, 0) is 50.2 Å². The molecule has 2 saturated carbocycles. The summed E-state index contributed by atoms with van der Waals surface area (Å²) in [6.45, 7) is 0.857. The highest BCUT2D eigenvalue weighted by Crippen LogP contribution is 2.38. The van der Waals surface area contributed by atoms with E-state index in [1.807, 2.05) is 30.3 Å². The van der Waals surface area contributed by atoms with Crippen molar-refractivity contribution in [3.05, 3.63) is 41.7 Å². The average molecular weight is 407 g/mol. The van der Waals surface area contributed by atoms with E-state index in [4.69, 9.17) is 10.7 Å². The molecule has 2 unspecified atom stereocenters. The number of benzene rings is 1. The van der Waals surface area contributed by atoms with Crippen LogP contribution in [0.2, 0.25) is 0 Å². The zero-order valence-electron chi connectivity index (χ0n) is 17.6. The smallest absolute Gasteiger partial charge is 0.267 e. The Labute approximate surface area is 177 Å². The van der Waals surface area contributed by atoms with Gasteiger partial charge in [-0.1, -0.05) is 31.0 Å². The number of nitrogens with two attached hydrogens (primary N) is 1. The van der Waals surface area contributed by atoms with Gasteiger partial charge in [-0.25, -0.2) is 9.98 Å². The second kappa shape index (κ2) is 7.78. The van der Waals surface area contributed by atoms with Crippen LogP contribution in [0.5, 0.6) is 0 Å². The first-order chi connectivity index (χ1) is 14.6. The topological polar surface area (TPSA) is 86.3 Å². The highest BCUT2D eigenvalue weighted by atomic mass is 16.2. The minimum Gasteiger partial charge on any atom is -0.383 e. The van der Waals surface area contributed by atoms with Crippen molar-refractivity contribution in [2.75, 3.05) is 13.6 Å². The molecule has 0 spiro atoms. The number of aliphatic imine (C=N–C) groups is 2. The average Bonchev–Trinajstić information content (AvgIpc) is 3.48. The van der Waals surface area contributed by atoms with Crippen LogP contribution in [-0.4, -0.2) is 53.2 Å². The lowest BCUT2D eigenvalue weighted by molar-refractivity contribution is -0.123. The number of likely N-dealkylation sites (N-methyl/N-ethyl adjacent to an activating group) is 1. The maximum absolute atomic E-state index is 13.4. The van der Waals surface area contributed by atoms with E-state index in [0.717, 1.165) is 36.9 Å². The van der Waals surface area contributed by atoms with Gasteiger partial charge in [-0.2, -0.15) is 0 Å². The number of carbonyl (C=O) groups is 1. The number of hydrogen-bond donors (Lipinski definition) is 2. The summed E-state index contributed by atoms with van der Waals surface area (Å²) in [5.74, 6) is 2.31. The predicted molar refractivity (Wildman–Crippen MR) is 118 cm³/mol. The lowest BCUT2D eigenvalue weighted by Gasteiger charge is -2.39. The van der Waals surface area contributed by atoms with Crippen molar-refractivity contribution >= 4 is 23.4 Å². The van der Waals surface area contributed by atoms with Gasteiger partial charge >= 0.3 is 0 Å². The Balaban J connectivity index is 1.56. The van der Waals surface area contributed by atoms with E-state index < -0.39 is 0 Å². The van der Waals surface area contributed by atoms with Gasteiger partial charge in [-0.3, -0.25) is 14.6 Å². The fraction of sp³-hybridized carbons (Fsp3) is 0.522. The van der Waals surface area contributed by atoms with E-state index in [0.29, 0.717) is 17.5 Å². The first-order valence-electron chi connectivity index (χ1n) is 11.2. The molecule has 4 aliphatic rings. The summed E-state index contributed by atoms with van der Waals surface area (Å²) < 4.78 is 0. The first-order valence-corrected chi connectivity index (χ1v) is 11.2. The Bertz CT molecular complexity index is 915. The Kier molecular flexibility index (Phi) is 4.97. The highest BCUT2D eigenvalue weighted by molar-refractivity contribution is 6.26. The monoisotopic (exact) mass is 406 g/mol. The maximum Gasteiger partial charge on any atom is 0.267 e. The van der Waals surface area contributed by atoms with Crippen LogP contribution < -0.4 is 11.1 Å². The van der Waals surface area contributed by atoms with Crippen LogP contribution in [-0.2, 0) is 4.79 Å². The molecule has 1 amide bonds. The number of rotatable bonds is 5. The molecule has 30 heavy (non-hydrogen) atoms. The Morgan fingerprint density at radius 1 is 1.17 bits per heavy atom. The minimum atomic E-state index is -0.143. The van der Waals surface area contributed by atoms with Gasteiger partial charge < -0.3 is 11.1 Å². The number of nitrogens with zero attached hydrogens (tertiary/aromatic N) is 4. The van der Waals surface area contributed by atoms with E-state index in [9.17, 15) is 4.79 Å². The molecule has 2 atom stereocenters. The van der Waals surface area contributed by atoms with Gasteiger partial charge in [0, 0.05) is 13.6 Å². The van der Waals surface area contributed by atoms with Crippen LogP contribution in [0.15, 0.2) is 51.7 Å². The van der Waals surface area contributed by atoms with E-state index in [2.05, 4.69) is 15.2 Å². The van der Waals surface area contributed by atoms with Crippen molar-refractivity contribution in [2.24, 2.45) is 21.6 Å². The van der Waals surface area contributed by atoms with Crippen molar-refractivity contribution < 1.29 is 4.79 Å². The molecule has 3 N–H and O–H groups in total. The lowest BCUT2D eigenvalue weighted by Crippen LogP contribution is -2.56. The number of hydrogen-bond acceptors (Lipinski definition) is 5. The number of amides is 1. The molecule has 2 aliphatic carbocycles. The second-order valence-corrected chi connectivity index (χ2v) is 8.82. The molecule has 7 nitrogen and oxygen atoms in total. The summed E-state index contributed by atoms with van der Waals surface area (Å²) in [6, 6.07) is 10.1. The van der Waals surface area contributed by atoms with Crippen molar-refractivity contribution in [2.45, 2.75) is 57.0 Å². The minimum absolute atomic E-state index is 0.143. The molecule has 0 saturated heterocycles. The van der Waals surface area contributed by atoms with Crippen LogP contribution >= 0.6 is 0 Å². The van der Waals surface area contributed by atoms with Crippen molar-refractivity contribution in [3.8, 4) is 0 Å². The Hall–Kier alpha value is -2.83. The number of para-hydroxylation sites is 1. The Morgan fingerprint density at radius 2 is 1.93 bits per heavy atom. The summed E-state index contributed by atoms with van der Waals surface area (Å²) in [7, 11) is 1.79. The molecule has 1 aromatic rings. The Morgan fingerprint density at radius 3 is 2.70 bits per heavy atom. The third kappa shape index (κ3) is 3.26. The van der Waals surface area contributed by atoms with Crippen LogP contribution in [0.3, 0.4) is 0 Å². The maximum atomic E-state index is 13.4. The zero-order chi connectivity index (χ0) is 20.7. The second-order valence-electron chi connectivity index (χ2n) is 8.82. The number of carbonyl (C=O) groups excluding carboxylic acids is 1. The van der Waals surface area contributed by atoms with Crippen LogP contribution in [0, 0.1) is 5.92 Å². The van der Waals surface area contributed by atoms with Gasteiger partial charge in [0.25, 0.3) is 5.91 Å². The molecule has 0 radical (unpaired) electrons. The molecule has 1 aromatic carbocycles. The third-order valence-electron chi connectivity index (χ3n) is 6.86. The molecule has 158 valence electrons. The first kappa shape index (κ1) is 19.2. The standard InChI is InChI=1S/C23H30N6O/c1-28-22(30)19(20(24)26-16-10-3-2-4-11-16)21(25-14-15-8-5-6-9-15)29-18-13-7-12-17(18)27-23(28)29/h2-4,10-11,15,17-18,25H,5-9,12-14H2,1H3,(H2,24,26). The van der Waals surface area contributed by atoms with Crippen LogP contribution in [0.25, 0.3) is 0 Å². The lowest BCUT2D eigenvalue weighted by atomic mass is 10.1. The molecular formula is C23H30N6O. The number of fused-ring (bicyclic) bond motifs is 3. The van der Waals surface area contributed by atoms with E-state index in [1.54, 1.807) is 11.9 Å². The van der Waals surface area contributed by atoms with E-state index in [-0.39, 0.29) is 17.8 Å². The molecule has 0 bridgehead atoms. The van der Waals surface area contributed by atoms with Crippen LogP contribution in [0.4, 0.5) is 5.69 Å². The quantitative estimate of drug-likeness (QED) is 0.582. The van der Waals surface area contributed by atoms with E-state index >= 15 is 0 Å². The predicted octanol–water partition coefficient (Wildman–Crippen LogP) is 2.73. The van der Waals surface area contributed by atoms with Crippen molar-refractivity contribution in [3.63, 3.8) is 0 Å². The summed E-state index contributed by atoms with van der Waals surface area (Å²) in [4.78, 5) is 26.7. The van der Waals surface area contributed by atoms with Gasteiger partial charge in [0.2, 0.25) is 5.96 Å². The van der Waals surface area contributed by atoms with Gasteiger partial charge in [0.1, 0.15) is 17.2 Å². The number of guanidine groups is 1. The SMILES string of the molecule is CN1C(=O)C(C(N)=Nc2ccccc2)=C(NCC2CCCC2)N2C1=NC1CCCC12. The molecule has 0 aromatic heterocycles. The largest absolute Gasteiger partial charge is 0.383 e. The summed E-state index contributed by atoms with van der Waals surface area (Å²) in [5.41, 5.74) is 7.67. The van der Waals surface area contributed by atoms with E-state index in [1.165, 1.54) is 32.1 Å². The molecule has 2 fully saturated rings. The normalized spacial score (nSPS) is 26.9. The van der Waals surface area contributed by atoms with Crippen molar-refractivity contribution in [1.82, 2.24) is 15.1 Å². The van der Waals surface area contributed by atoms with Gasteiger partial charge in [-0.15, -0.1) is 0 Å². The van der Waals surface area contributed by atoms with Gasteiger partial charge in [0.15, 0.2) is 0 Å². The van der Waals surface area contributed by atoms with Crippen molar-refractivity contribution in [1.29, 1.82) is 0 Å². The number of nitrogens with one attached hydrogen (secondary N) is 1. The molecule has 7 heteroatoms. The fourth-order valence-electron chi connectivity index (χ4n) is 5.28. The summed E-state index contributed by atoms with van der Waals surface area (Å²) in [5, 5.41) is 3.63. The fourth-order valence-corrected chi connectivity index (χ4v) is 5.28. The number of amidine groups is 1. The third-order valence-corrected chi connectivity index (χ3v) is 6.86. The molecule has 5 rings (SSSR count). The summed E-state index contributed by atoms with van der Waals surface area (Å²) >= 11 is 0. The zero-order valence-corrected chi connectivity index (χ0v) is 17.6. The molecular weight excluding hydrogens is 376 g/mol. The van der Waals surface area contributed by atoms with Crippen LogP contribution in [0.1, 0.15) is 44.9 Å². The molecule has 2 heterocycles. The highest BCUT2D eigenvalue weighted by Gasteiger charge is 2.48. The summed E-state index contributed by atoms with van der Waals surface area (Å²) in [6.07, 6.45) is 8.38. The van der Waals surface area contributed by atoms with Gasteiger partial charge in [0.05, 0.1) is 17.8 Å². The molecule has 2 aliphatic heterocycles.